The van der Waals surface area contributed by atoms with Crippen LogP contribution in [0.4, 0.5) is 0 Å². The second-order valence-corrected chi connectivity index (χ2v) is 9.82. The van der Waals surface area contributed by atoms with Gasteiger partial charge in [-0.25, -0.2) is 8.42 Å². The maximum Gasteiger partial charge on any atom is 0.248 e. The van der Waals surface area contributed by atoms with Crippen molar-refractivity contribution in [3.05, 3.63) is 11.5 Å². The maximum atomic E-state index is 13.1. The van der Waals surface area contributed by atoms with Gasteiger partial charge in [0.15, 0.2) is 5.76 Å². The van der Waals surface area contributed by atoms with Gasteiger partial charge in [0.25, 0.3) is 0 Å². The molecule has 1 unspecified atom stereocenters. The van der Waals surface area contributed by atoms with Crippen LogP contribution in [0.2, 0.25) is 0 Å². The molecule has 3 rings (SSSR count). The summed E-state index contributed by atoms with van der Waals surface area (Å²) in [6.07, 6.45) is 8.35. The summed E-state index contributed by atoms with van der Waals surface area (Å²) in [6.45, 7) is 3.92. The molecule has 1 aliphatic heterocycles. The molecule has 1 saturated carbocycles. The third kappa shape index (κ3) is 4.21. The molecule has 2 aliphatic rings. The molecule has 0 spiro atoms. The van der Waals surface area contributed by atoms with Crippen LogP contribution in [-0.4, -0.2) is 54.9 Å². The number of piperidine rings is 1. The average molecular weight is 398 g/mol. The van der Waals surface area contributed by atoms with Crippen LogP contribution in [0.15, 0.2) is 9.42 Å². The third-order valence-electron chi connectivity index (χ3n) is 6.02. The summed E-state index contributed by atoms with van der Waals surface area (Å²) >= 11 is 0. The van der Waals surface area contributed by atoms with Crippen LogP contribution >= 0.6 is 0 Å². The number of hydrogen-bond donors (Lipinski definition) is 0. The van der Waals surface area contributed by atoms with Crippen molar-refractivity contribution in [2.24, 2.45) is 5.92 Å². The Balaban J connectivity index is 1.72. The number of carbonyl (C=O) groups is 1. The molecule has 7 nitrogen and oxygen atoms in total. The predicted molar refractivity (Wildman–Crippen MR) is 102 cm³/mol. The lowest BCUT2D eigenvalue weighted by molar-refractivity contribution is -0.137. The molecule has 8 heteroatoms. The van der Waals surface area contributed by atoms with Crippen LogP contribution in [0.3, 0.4) is 0 Å². The van der Waals surface area contributed by atoms with Gasteiger partial charge in [-0.15, -0.1) is 0 Å². The summed E-state index contributed by atoms with van der Waals surface area (Å²) in [6, 6.07) is 0.287. The van der Waals surface area contributed by atoms with Gasteiger partial charge in [-0.3, -0.25) is 4.79 Å². The lowest BCUT2D eigenvalue weighted by atomic mass is 9.96. The summed E-state index contributed by atoms with van der Waals surface area (Å²) in [7, 11) is -1.81. The van der Waals surface area contributed by atoms with Crippen molar-refractivity contribution in [1.29, 1.82) is 0 Å². The summed E-state index contributed by atoms with van der Waals surface area (Å²) in [5.41, 5.74) is 0.372. The summed E-state index contributed by atoms with van der Waals surface area (Å²) in [5.74, 6) is 0.110. The van der Waals surface area contributed by atoms with E-state index in [1.54, 1.807) is 13.8 Å². The number of hydrogen-bond acceptors (Lipinski definition) is 5. The first-order valence-electron chi connectivity index (χ1n) is 10.0. The number of sulfonamides is 1. The molecule has 0 aromatic carbocycles. The van der Waals surface area contributed by atoms with Crippen molar-refractivity contribution in [3.8, 4) is 0 Å². The fraction of sp³-hybridized carbons (Fsp3) is 0.789. The van der Waals surface area contributed by atoms with Crippen LogP contribution in [0.25, 0.3) is 0 Å². The first-order chi connectivity index (χ1) is 12.8. The molecule has 0 N–H and O–H groups in total. The van der Waals surface area contributed by atoms with Gasteiger partial charge in [0.1, 0.15) is 10.6 Å². The highest BCUT2D eigenvalue weighted by molar-refractivity contribution is 7.89. The summed E-state index contributed by atoms with van der Waals surface area (Å²) < 4.78 is 32.6. The standard InChI is InChI=1S/C19H31N3O4S/c1-14-18(15(2)26-20-14)27(24,25)22-12-8-9-16(13-22)19(23)21(3)17-10-6-4-5-7-11-17/h16-17H,4-13H2,1-3H3. The SMILES string of the molecule is Cc1noc(C)c1S(=O)(=O)N1CCCC(C(=O)N(C)C2CCCCCC2)C1. The van der Waals surface area contributed by atoms with Gasteiger partial charge in [0, 0.05) is 26.2 Å². The normalized spacial score (nSPS) is 23.1. The van der Waals surface area contributed by atoms with E-state index in [1.807, 2.05) is 11.9 Å². The molecule has 0 radical (unpaired) electrons. The number of amides is 1. The van der Waals surface area contributed by atoms with Crippen molar-refractivity contribution in [2.75, 3.05) is 20.1 Å². The third-order valence-corrected chi connectivity index (χ3v) is 8.13. The lowest BCUT2D eigenvalue weighted by Crippen LogP contribution is -2.48. The molecule has 0 bridgehead atoms. The number of rotatable bonds is 4. The molecule has 152 valence electrons. The fourth-order valence-electron chi connectivity index (χ4n) is 4.45. The minimum Gasteiger partial charge on any atom is -0.360 e. The van der Waals surface area contributed by atoms with E-state index in [0.29, 0.717) is 24.4 Å². The second-order valence-electron chi connectivity index (χ2n) is 7.95. The van der Waals surface area contributed by atoms with Gasteiger partial charge < -0.3 is 9.42 Å². The molecular weight excluding hydrogens is 366 g/mol. The highest BCUT2D eigenvalue weighted by atomic mass is 32.2. The molecule has 1 saturated heterocycles. The monoisotopic (exact) mass is 397 g/mol. The number of nitrogens with zero attached hydrogens (tertiary/aromatic N) is 3. The minimum atomic E-state index is -3.70. The van der Waals surface area contributed by atoms with Gasteiger partial charge in [-0.2, -0.15) is 4.31 Å². The smallest absolute Gasteiger partial charge is 0.248 e. The van der Waals surface area contributed by atoms with Gasteiger partial charge in [0.05, 0.1) is 5.92 Å². The summed E-state index contributed by atoms with van der Waals surface area (Å²) in [5, 5.41) is 3.77. The maximum absolute atomic E-state index is 13.1. The quantitative estimate of drug-likeness (QED) is 0.730. The van der Waals surface area contributed by atoms with E-state index in [1.165, 1.54) is 30.0 Å². The molecule has 1 aromatic rings. The zero-order chi connectivity index (χ0) is 19.6. The first-order valence-corrected chi connectivity index (χ1v) is 11.5. The zero-order valence-electron chi connectivity index (χ0n) is 16.6. The summed E-state index contributed by atoms with van der Waals surface area (Å²) in [4.78, 5) is 15.1. The average Bonchev–Trinajstić information content (AvgIpc) is 2.86. The van der Waals surface area contributed by atoms with Gasteiger partial charge in [-0.1, -0.05) is 30.8 Å². The van der Waals surface area contributed by atoms with E-state index >= 15 is 0 Å². The van der Waals surface area contributed by atoms with E-state index in [2.05, 4.69) is 5.16 Å². The van der Waals surface area contributed by atoms with Crippen molar-refractivity contribution >= 4 is 15.9 Å². The Bertz CT molecular complexity index is 746. The van der Waals surface area contributed by atoms with Gasteiger partial charge in [-0.05, 0) is 39.5 Å². The van der Waals surface area contributed by atoms with Gasteiger partial charge >= 0.3 is 0 Å². The van der Waals surface area contributed by atoms with Crippen LogP contribution < -0.4 is 0 Å². The number of carbonyl (C=O) groups excluding carboxylic acids is 1. The Morgan fingerprint density at radius 3 is 2.37 bits per heavy atom. The number of aryl methyl sites for hydroxylation is 2. The predicted octanol–water partition coefficient (Wildman–Crippen LogP) is 2.87. The second kappa shape index (κ2) is 8.31. The van der Waals surface area contributed by atoms with Crippen LogP contribution in [0.5, 0.6) is 0 Å². The molecule has 1 amide bonds. The Labute approximate surface area is 162 Å². The van der Waals surface area contributed by atoms with Crippen LogP contribution in [0, 0.1) is 19.8 Å². The molecular formula is C19H31N3O4S. The lowest BCUT2D eigenvalue weighted by Gasteiger charge is -2.35. The van der Waals surface area contributed by atoms with Crippen molar-refractivity contribution in [1.82, 2.24) is 14.4 Å². The highest BCUT2D eigenvalue weighted by Crippen LogP contribution is 2.29. The van der Waals surface area contributed by atoms with Crippen LogP contribution in [0.1, 0.15) is 62.8 Å². The molecule has 2 fully saturated rings. The topological polar surface area (TPSA) is 83.7 Å². The van der Waals surface area contributed by atoms with Crippen molar-refractivity contribution < 1.29 is 17.7 Å². The Kier molecular flexibility index (Phi) is 6.25. The zero-order valence-corrected chi connectivity index (χ0v) is 17.4. The Morgan fingerprint density at radius 1 is 1.11 bits per heavy atom. The Hall–Kier alpha value is -1.41. The largest absolute Gasteiger partial charge is 0.360 e. The van der Waals surface area contributed by atoms with E-state index < -0.39 is 10.0 Å². The Morgan fingerprint density at radius 2 is 1.78 bits per heavy atom. The molecule has 27 heavy (non-hydrogen) atoms. The molecule has 1 aromatic heterocycles. The van der Waals surface area contributed by atoms with E-state index in [-0.39, 0.29) is 29.3 Å². The fourth-order valence-corrected chi connectivity index (χ4v) is 6.26. The van der Waals surface area contributed by atoms with Crippen molar-refractivity contribution in [3.63, 3.8) is 0 Å². The number of aromatic nitrogens is 1. The minimum absolute atomic E-state index is 0.0839. The highest BCUT2D eigenvalue weighted by Gasteiger charge is 2.38. The van der Waals surface area contributed by atoms with E-state index in [0.717, 1.165) is 19.3 Å². The first kappa shape index (κ1) is 20.3. The molecule has 1 aliphatic carbocycles. The van der Waals surface area contributed by atoms with Crippen LogP contribution in [-0.2, 0) is 14.8 Å². The molecule has 2 heterocycles. The van der Waals surface area contributed by atoms with E-state index in [9.17, 15) is 13.2 Å². The van der Waals surface area contributed by atoms with Crippen molar-refractivity contribution in [2.45, 2.75) is 76.2 Å². The van der Waals surface area contributed by atoms with Gasteiger partial charge in [0.2, 0.25) is 15.9 Å². The molecule has 1 atom stereocenters. The van der Waals surface area contributed by atoms with E-state index in [4.69, 9.17) is 4.52 Å².